The van der Waals surface area contributed by atoms with E-state index < -0.39 is 0 Å². The van der Waals surface area contributed by atoms with Crippen molar-refractivity contribution in [1.82, 2.24) is 9.97 Å². The molecule has 0 aliphatic heterocycles. The molecule has 0 atom stereocenters. The average molecular weight is 237 g/mol. The molecule has 1 heterocycles. The van der Waals surface area contributed by atoms with Crippen LogP contribution in [0.15, 0.2) is 30.5 Å². The molecule has 6 heteroatoms. The Kier molecular flexibility index (Phi) is 2.78. The number of phenolic OH excluding ortho intramolecular Hbond substituents is 1. The van der Waals surface area contributed by atoms with Crippen molar-refractivity contribution in [2.45, 2.75) is 0 Å². The number of halogens is 1. The summed E-state index contributed by atoms with van der Waals surface area (Å²) in [6.45, 7) is 0. The molecule has 0 radical (unpaired) electrons. The van der Waals surface area contributed by atoms with Crippen LogP contribution in [0, 0.1) is 0 Å². The second kappa shape index (κ2) is 4.24. The second-order valence-electron chi connectivity index (χ2n) is 3.09. The Labute approximate surface area is 96.9 Å². The minimum Gasteiger partial charge on any atom is -0.506 e. The lowest BCUT2D eigenvalue weighted by Crippen LogP contribution is -1.98. The third-order valence-corrected chi connectivity index (χ3v) is 2.20. The van der Waals surface area contributed by atoms with E-state index in [-0.39, 0.29) is 16.7 Å². The Hall–Kier alpha value is -2.01. The van der Waals surface area contributed by atoms with Crippen molar-refractivity contribution in [3.05, 3.63) is 35.5 Å². The molecule has 0 saturated carbocycles. The van der Waals surface area contributed by atoms with Gasteiger partial charge in [-0.1, -0.05) is 11.6 Å². The van der Waals surface area contributed by atoms with Gasteiger partial charge in [0.15, 0.2) is 0 Å². The van der Waals surface area contributed by atoms with Gasteiger partial charge in [-0.2, -0.15) is 4.98 Å². The summed E-state index contributed by atoms with van der Waals surface area (Å²) in [6, 6.07) is 6.45. The van der Waals surface area contributed by atoms with Crippen LogP contribution in [-0.4, -0.2) is 15.1 Å². The lowest BCUT2D eigenvalue weighted by atomic mass is 10.3. The number of rotatable bonds is 2. The normalized spacial score (nSPS) is 10.1. The number of hydrogen-bond donors (Lipinski definition) is 3. The first kappa shape index (κ1) is 10.5. The predicted octanol–water partition coefficient (Wildman–Crippen LogP) is 2.16. The summed E-state index contributed by atoms with van der Waals surface area (Å²) in [7, 11) is 0. The Bertz CT molecular complexity index is 518. The Morgan fingerprint density at radius 3 is 2.81 bits per heavy atom. The van der Waals surface area contributed by atoms with Gasteiger partial charge >= 0.3 is 0 Å². The molecule has 0 aliphatic carbocycles. The molecule has 2 rings (SSSR count). The summed E-state index contributed by atoms with van der Waals surface area (Å²) in [6.07, 6.45) is 1.55. The fourth-order valence-corrected chi connectivity index (χ4v) is 1.36. The first-order valence-corrected chi connectivity index (χ1v) is 4.87. The van der Waals surface area contributed by atoms with Crippen molar-refractivity contribution in [1.29, 1.82) is 0 Å². The molecule has 1 aromatic carbocycles. The molecule has 0 amide bonds. The van der Waals surface area contributed by atoms with Gasteiger partial charge in [-0.15, -0.1) is 0 Å². The SMILES string of the molecule is Nc1nccc(Nc2ccc(O)c(Cl)c2)n1. The summed E-state index contributed by atoms with van der Waals surface area (Å²) in [5, 5.41) is 12.5. The minimum absolute atomic E-state index is 0.0365. The van der Waals surface area contributed by atoms with E-state index >= 15 is 0 Å². The quantitative estimate of drug-likeness (QED) is 0.696. The maximum atomic E-state index is 9.25. The van der Waals surface area contributed by atoms with Gasteiger partial charge in [-0.3, -0.25) is 0 Å². The molecule has 0 saturated heterocycles. The van der Waals surface area contributed by atoms with Gasteiger partial charge < -0.3 is 16.2 Å². The number of nitrogens with one attached hydrogen (secondary N) is 1. The molecular formula is C10H9ClN4O. The zero-order chi connectivity index (χ0) is 11.5. The number of nitrogen functional groups attached to an aromatic ring is 1. The highest BCUT2D eigenvalue weighted by molar-refractivity contribution is 6.32. The van der Waals surface area contributed by atoms with Crippen molar-refractivity contribution in [2.24, 2.45) is 0 Å². The van der Waals surface area contributed by atoms with Gasteiger partial charge in [0.2, 0.25) is 5.95 Å². The molecular weight excluding hydrogens is 228 g/mol. The maximum Gasteiger partial charge on any atom is 0.221 e. The maximum absolute atomic E-state index is 9.25. The zero-order valence-electron chi connectivity index (χ0n) is 8.18. The summed E-state index contributed by atoms with van der Waals surface area (Å²) >= 11 is 5.76. The third-order valence-electron chi connectivity index (χ3n) is 1.89. The molecule has 2 aromatic rings. The van der Waals surface area contributed by atoms with E-state index in [0.29, 0.717) is 11.5 Å². The van der Waals surface area contributed by atoms with Crippen LogP contribution in [0.4, 0.5) is 17.5 Å². The second-order valence-corrected chi connectivity index (χ2v) is 3.50. The summed E-state index contributed by atoms with van der Waals surface area (Å²) in [5.41, 5.74) is 6.15. The lowest BCUT2D eigenvalue weighted by molar-refractivity contribution is 0.475. The van der Waals surface area contributed by atoms with Crippen LogP contribution >= 0.6 is 11.6 Å². The van der Waals surface area contributed by atoms with Crippen molar-refractivity contribution in [2.75, 3.05) is 11.1 Å². The number of phenols is 1. The van der Waals surface area contributed by atoms with Crippen LogP contribution in [0.1, 0.15) is 0 Å². The number of hydrogen-bond acceptors (Lipinski definition) is 5. The van der Waals surface area contributed by atoms with Crippen LogP contribution in [0.2, 0.25) is 5.02 Å². The molecule has 0 unspecified atom stereocenters. The Morgan fingerprint density at radius 1 is 1.31 bits per heavy atom. The van der Waals surface area contributed by atoms with Crippen molar-refractivity contribution < 1.29 is 5.11 Å². The Balaban J connectivity index is 2.24. The van der Waals surface area contributed by atoms with Crippen molar-refractivity contribution in [3.8, 4) is 5.75 Å². The molecule has 0 aliphatic rings. The smallest absolute Gasteiger partial charge is 0.221 e. The standard InChI is InChI=1S/C10H9ClN4O/c11-7-5-6(1-2-8(7)16)14-9-3-4-13-10(12)15-9/h1-5,16H,(H3,12,13,14,15). The van der Waals surface area contributed by atoms with E-state index in [4.69, 9.17) is 17.3 Å². The van der Waals surface area contributed by atoms with Crippen LogP contribution in [-0.2, 0) is 0 Å². The van der Waals surface area contributed by atoms with E-state index in [2.05, 4.69) is 15.3 Å². The van der Waals surface area contributed by atoms with Crippen LogP contribution < -0.4 is 11.1 Å². The topological polar surface area (TPSA) is 84.1 Å². The van der Waals surface area contributed by atoms with E-state index in [9.17, 15) is 5.11 Å². The number of aromatic hydroxyl groups is 1. The highest BCUT2D eigenvalue weighted by atomic mass is 35.5. The Morgan fingerprint density at radius 2 is 2.12 bits per heavy atom. The van der Waals surface area contributed by atoms with E-state index in [1.807, 2.05) is 0 Å². The van der Waals surface area contributed by atoms with Gasteiger partial charge in [0.05, 0.1) is 5.02 Å². The third kappa shape index (κ3) is 2.32. The van der Waals surface area contributed by atoms with Crippen LogP contribution in [0.3, 0.4) is 0 Å². The molecule has 1 aromatic heterocycles. The molecule has 0 bridgehead atoms. The molecule has 16 heavy (non-hydrogen) atoms. The van der Waals surface area contributed by atoms with Crippen molar-refractivity contribution in [3.63, 3.8) is 0 Å². The molecule has 0 spiro atoms. The van der Waals surface area contributed by atoms with Gasteiger partial charge in [0.25, 0.3) is 0 Å². The predicted molar refractivity (Wildman–Crippen MR) is 62.8 cm³/mol. The number of anilines is 3. The van der Waals surface area contributed by atoms with Gasteiger partial charge in [0.1, 0.15) is 11.6 Å². The first-order valence-electron chi connectivity index (χ1n) is 4.49. The largest absolute Gasteiger partial charge is 0.506 e. The van der Waals surface area contributed by atoms with Gasteiger partial charge in [0, 0.05) is 11.9 Å². The summed E-state index contributed by atoms with van der Waals surface area (Å²) in [4.78, 5) is 7.74. The van der Waals surface area contributed by atoms with E-state index in [0.717, 1.165) is 0 Å². The minimum atomic E-state index is 0.0365. The lowest BCUT2D eigenvalue weighted by Gasteiger charge is -2.06. The summed E-state index contributed by atoms with van der Waals surface area (Å²) < 4.78 is 0. The van der Waals surface area contributed by atoms with Crippen LogP contribution in [0.25, 0.3) is 0 Å². The molecule has 4 N–H and O–H groups in total. The van der Waals surface area contributed by atoms with Gasteiger partial charge in [-0.05, 0) is 24.3 Å². The fraction of sp³-hybridized carbons (Fsp3) is 0. The number of benzene rings is 1. The molecule has 0 fully saturated rings. The number of aromatic nitrogens is 2. The fourth-order valence-electron chi connectivity index (χ4n) is 1.18. The van der Waals surface area contributed by atoms with Crippen molar-refractivity contribution >= 4 is 29.1 Å². The van der Waals surface area contributed by atoms with E-state index in [1.165, 1.54) is 6.07 Å². The monoisotopic (exact) mass is 236 g/mol. The first-order chi connectivity index (χ1) is 7.65. The molecule has 5 nitrogen and oxygen atoms in total. The molecule has 82 valence electrons. The van der Waals surface area contributed by atoms with E-state index in [1.54, 1.807) is 24.4 Å². The summed E-state index contributed by atoms with van der Waals surface area (Å²) in [5.74, 6) is 0.790. The average Bonchev–Trinajstić information content (AvgIpc) is 2.24. The number of nitrogens with zero attached hydrogens (tertiary/aromatic N) is 2. The zero-order valence-corrected chi connectivity index (χ0v) is 8.94. The highest BCUT2D eigenvalue weighted by Crippen LogP contribution is 2.27. The van der Waals surface area contributed by atoms with Gasteiger partial charge in [-0.25, -0.2) is 4.98 Å². The highest BCUT2D eigenvalue weighted by Gasteiger charge is 2.01. The number of nitrogens with two attached hydrogens (primary N) is 1. The van der Waals surface area contributed by atoms with Crippen LogP contribution in [0.5, 0.6) is 5.75 Å².